The molecule has 0 saturated carbocycles. The maximum atomic E-state index is 12.7. The van der Waals surface area contributed by atoms with Crippen molar-refractivity contribution in [2.75, 3.05) is 13.7 Å². The Morgan fingerprint density at radius 2 is 1.83 bits per heavy atom. The first kappa shape index (κ1) is 17.0. The molecule has 0 radical (unpaired) electrons. The Balaban J connectivity index is 2.27. The average Bonchev–Trinajstić information content (AvgIpc) is 2.58. The molecule has 0 aliphatic heterocycles. The van der Waals surface area contributed by atoms with Gasteiger partial charge in [-0.25, -0.2) is 0 Å². The van der Waals surface area contributed by atoms with Crippen LogP contribution < -0.4 is 4.74 Å². The van der Waals surface area contributed by atoms with Crippen molar-refractivity contribution in [1.29, 1.82) is 0 Å². The van der Waals surface area contributed by atoms with E-state index < -0.39 is 0 Å². The average molecular weight is 314 g/mol. The zero-order valence-corrected chi connectivity index (χ0v) is 13.6. The number of rotatable bonds is 8. The molecule has 4 nitrogen and oxygen atoms in total. The summed E-state index contributed by atoms with van der Waals surface area (Å²) in [5.74, 6) is 0.323. The second-order valence-electron chi connectivity index (χ2n) is 5.36. The molecule has 0 saturated heterocycles. The molecule has 0 unspecified atom stereocenters. The van der Waals surface area contributed by atoms with Gasteiger partial charge in [0.05, 0.1) is 19.3 Å². The van der Waals surface area contributed by atoms with Crippen molar-refractivity contribution in [3.8, 4) is 5.75 Å². The zero-order valence-electron chi connectivity index (χ0n) is 13.6. The van der Waals surface area contributed by atoms with Crippen molar-refractivity contribution < 1.29 is 19.1 Å². The number of ether oxygens (including phenoxy) is 2. The lowest BCUT2D eigenvalue weighted by molar-refractivity contribution is -0.140. The molecule has 23 heavy (non-hydrogen) atoms. The third-order valence-electron chi connectivity index (χ3n) is 3.64. The van der Waals surface area contributed by atoms with E-state index >= 15 is 0 Å². The number of hydrogen-bond donors (Lipinski definition) is 0. The summed E-state index contributed by atoms with van der Waals surface area (Å²) in [5.41, 5.74) is 0.612. The highest BCUT2D eigenvalue weighted by atomic mass is 16.5. The van der Waals surface area contributed by atoms with Crippen LogP contribution in [-0.2, 0) is 9.53 Å². The number of carbonyl (C=O) groups excluding carboxylic acids is 2. The number of methoxy groups -OCH3 is 1. The Kier molecular flexibility index (Phi) is 6.15. The van der Waals surface area contributed by atoms with Crippen LogP contribution in [0.1, 0.15) is 43.0 Å². The van der Waals surface area contributed by atoms with Crippen molar-refractivity contribution in [1.82, 2.24) is 0 Å². The molecular formula is C19H22O4. The molecule has 122 valence electrons. The number of esters is 1. The first-order chi connectivity index (χ1) is 11.2. The van der Waals surface area contributed by atoms with E-state index in [-0.39, 0.29) is 18.2 Å². The van der Waals surface area contributed by atoms with Crippen LogP contribution in [0.25, 0.3) is 10.8 Å². The van der Waals surface area contributed by atoms with Gasteiger partial charge in [0, 0.05) is 12.8 Å². The lowest BCUT2D eigenvalue weighted by Gasteiger charge is -2.13. The summed E-state index contributed by atoms with van der Waals surface area (Å²) in [7, 11) is 1.35. The molecule has 0 aromatic heterocycles. The number of ketones is 1. The summed E-state index contributed by atoms with van der Waals surface area (Å²) in [5, 5.41) is 1.90. The third kappa shape index (κ3) is 4.31. The molecule has 2 aromatic rings. The van der Waals surface area contributed by atoms with E-state index in [9.17, 15) is 9.59 Å². The van der Waals surface area contributed by atoms with Crippen LogP contribution in [-0.4, -0.2) is 25.5 Å². The SMILES string of the molecule is CCCOc1ccc2ccccc2c1C(=O)CCCC(=O)OC. The van der Waals surface area contributed by atoms with Crippen molar-refractivity contribution in [3.63, 3.8) is 0 Å². The molecule has 2 aromatic carbocycles. The molecular weight excluding hydrogens is 292 g/mol. The van der Waals surface area contributed by atoms with Crippen molar-refractivity contribution in [2.45, 2.75) is 32.6 Å². The monoisotopic (exact) mass is 314 g/mol. The number of Topliss-reactive ketones (excluding diaryl/α,β-unsaturated/α-hetero) is 1. The lowest BCUT2D eigenvalue weighted by Crippen LogP contribution is -2.07. The van der Waals surface area contributed by atoms with Gasteiger partial charge in [0.25, 0.3) is 0 Å². The van der Waals surface area contributed by atoms with Gasteiger partial charge in [-0.3, -0.25) is 9.59 Å². The van der Waals surface area contributed by atoms with Gasteiger partial charge in [-0.2, -0.15) is 0 Å². The summed E-state index contributed by atoms with van der Waals surface area (Å²) in [6.07, 6.45) is 1.90. The van der Waals surface area contributed by atoms with Gasteiger partial charge in [0.1, 0.15) is 5.75 Å². The Morgan fingerprint density at radius 1 is 1.04 bits per heavy atom. The minimum atomic E-state index is -0.293. The van der Waals surface area contributed by atoms with Gasteiger partial charge in [-0.15, -0.1) is 0 Å². The topological polar surface area (TPSA) is 52.6 Å². The summed E-state index contributed by atoms with van der Waals surface area (Å²) in [6, 6.07) is 11.6. The summed E-state index contributed by atoms with van der Waals surface area (Å²) in [4.78, 5) is 23.9. The van der Waals surface area contributed by atoms with Gasteiger partial charge in [0.15, 0.2) is 5.78 Å². The fourth-order valence-electron chi connectivity index (χ4n) is 2.49. The van der Waals surface area contributed by atoms with Crippen LogP contribution in [0.3, 0.4) is 0 Å². The van der Waals surface area contributed by atoms with Crippen LogP contribution in [0, 0.1) is 0 Å². The lowest BCUT2D eigenvalue weighted by atomic mass is 9.97. The Morgan fingerprint density at radius 3 is 2.57 bits per heavy atom. The molecule has 0 bridgehead atoms. The minimum Gasteiger partial charge on any atom is -0.493 e. The summed E-state index contributed by atoms with van der Waals surface area (Å²) in [6.45, 7) is 2.60. The highest BCUT2D eigenvalue weighted by Crippen LogP contribution is 2.30. The fourth-order valence-corrected chi connectivity index (χ4v) is 2.49. The van der Waals surface area contributed by atoms with Gasteiger partial charge < -0.3 is 9.47 Å². The first-order valence-corrected chi connectivity index (χ1v) is 7.92. The van der Waals surface area contributed by atoms with Crippen molar-refractivity contribution in [3.05, 3.63) is 42.0 Å². The highest BCUT2D eigenvalue weighted by Gasteiger charge is 2.17. The highest BCUT2D eigenvalue weighted by molar-refractivity contribution is 6.10. The molecule has 0 heterocycles. The molecule has 0 N–H and O–H groups in total. The fraction of sp³-hybridized carbons (Fsp3) is 0.368. The summed E-state index contributed by atoms with van der Waals surface area (Å²) >= 11 is 0. The van der Waals surface area contributed by atoms with E-state index in [1.54, 1.807) is 0 Å². The van der Waals surface area contributed by atoms with E-state index in [1.165, 1.54) is 7.11 Å². The smallest absolute Gasteiger partial charge is 0.305 e. The third-order valence-corrected chi connectivity index (χ3v) is 3.64. The largest absolute Gasteiger partial charge is 0.493 e. The number of hydrogen-bond acceptors (Lipinski definition) is 4. The second kappa shape index (κ2) is 8.32. The first-order valence-electron chi connectivity index (χ1n) is 7.92. The Bertz CT molecular complexity index is 691. The van der Waals surface area contributed by atoms with Crippen LogP contribution in [0.4, 0.5) is 0 Å². The summed E-state index contributed by atoms with van der Waals surface area (Å²) < 4.78 is 10.4. The number of carbonyl (C=O) groups is 2. The Labute approximate surface area is 136 Å². The normalized spacial score (nSPS) is 10.5. The van der Waals surface area contributed by atoms with Crippen molar-refractivity contribution in [2.24, 2.45) is 0 Å². The standard InChI is InChI=1S/C19H22O4/c1-3-13-23-17-12-11-14-7-4-5-8-15(14)19(17)16(20)9-6-10-18(21)22-2/h4-5,7-8,11-12H,3,6,9-10,13H2,1-2H3. The maximum absolute atomic E-state index is 12.7. The van der Waals surface area contributed by atoms with Crippen molar-refractivity contribution >= 4 is 22.5 Å². The van der Waals surface area contributed by atoms with E-state index in [0.717, 1.165) is 17.2 Å². The van der Waals surface area contributed by atoms with E-state index in [1.807, 2.05) is 43.3 Å². The van der Waals surface area contributed by atoms with Crippen LogP contribution >= 0.6 is 0 Å². The van der Waals surface area contributed by atoms with E-state index in [2.05, 4.69) is 4.74 Å². The molecule has 4 heteroatoms. The predicted molar refractivity (Wildman–Crippen MR) is 89.9 cm³/mol. The number of fused-ring (bicyclic) bond motifs is 1. The van der Waals surface area contributed by atoms with E-state index in [4.69, 9.17) is 4.74 Å². The number of benzene rings is 2. The van der Waals surface area contributed by atoms with Gasteiger partial charge in [-0.1, -0.05) is 37.3 Å². The van der Waals surface area contributed by atoms with Gasteiger partial charge >= 0.3 is 5.97 Å². The van der Waals surface area contributed by atoms with Crippen LogP contribution in [0.2, 0.25) is 0 Å². The molecule has 2 rings (SSSR count). The van der Waals surface area contributed by atoms with Gasteiger partial charge in [0.2, 0.25) is 0 Å². The molecule has 0 atom stereocenters. The zero-order chi connectivity index (χ0) is 16.7. The van der Waals surface area contributed by atoms with Crippen LogP contribution in [0.15, 0.2) is 36.4 Å². The maximum Gasteiger partial charge on any atom is 0.305 e. The molecule has 0 amide bonds. The molecule has 0 aliphatic rings. The Hall–Kier alpha value is -2.36. The van der Waals surface area contributed by atoms with Gasteiger partial charge in [-0.05, 0) is 29.7 Å². The molecule has 0 spiro atoms. The quantitative estimate of drug-likeness (QED) is 0.542. The predicted octanol–water partition coefficient (Wildman–Crippen LogP) is 4.15. The molecule has 0 fully saturated rings. The minimum absolute atomic E-state index is 0.00296. The van der Waals surface area contributed by atoms with Crippen LogP contribution in [0.5, 0.6) is 5.75 Å². The van der Waals surface area contributed by atoms with E-state index in [0.29, 0.717) is 30.8 Å². The molecule has 0 aliphatic carbocycles. The second-order valence-corrected chi connectivity index (χ2v) is 5.36.